The summed E-state index contributed by atoms with van der Waals surface area (Å²) in [5, 5.41) is 0. The van der Waals surface area contributed by atoms with Crippen molar-refractivity contribution in [3.8, 4) is 0 Å². The number of hydrogen-bond acceptors (Lipinski definition) is 0. The SMILES string of the molecule is B=CCBB.C1=CC2CCC1C2. The van der Waals surface area contributed by atoms with Gasteiger partial charge in [0.1, 0.15) is 0 Å². The van der Waals surface area contributed by atoms with Gasteiger partial charge in [0.05, 0.1) is 0 Å². The van der Waals surface area contributed by atoms with Gasteiger partial charge in [-0.1, -0.05) is 12.2 Å². The van der Waals surface area contributed by atoms with Crippen LogP contribution in [0.25, 0.3) is 0 Å². The summed E-state index contributed by atoms with van der Waals surface area (Å²) in [6, 6.07) is 0. The van der Waals surface area contributed by atoms with E-state index in [1.165, 1.54) is 26.4 Å². The Labute approximate surface area is 78.5 Å². The third kappa shape index (κ3) is 3.04. The topological polar surface area (TPSA) is 0 Å². The molecule has 2 aliphatic rings. The van der Waals surface area contributed by atoms with Crippen molar-refractivity contribution in [3.05, 3.63) is 12.2 Å². The van der Waals surface area contributed by atoms with Gasteiger partial charge in [-0.15, -0.1) is 0 Å². The predicted molar refractivity (Wildman–Crippen MR) is 63.7 cm³/mol. The Morgan fingerprint density at radius 1 is 1.42 bits per heavy atom. The van der Waals surface area contributed by atoms with Crippen molar-refractivity contribution in [1.82, 2.24) is 0 Å². The zero-order valence-electron chi connectivity index (χ0n) is 8.13. The van der Waals surface area contributed by atoms with Gasteiger partial charge in [-0.3, -0.25) is 0 Å². The molecule has 2 atom stereocenters. The van der Waals surface area contributed by atoms with E-state index in [2.05, 4.69) is 27.4 Å². The van der Waals surface area contributed by atoms with Gasteiger partial charge < -0.3 is 0 Å². The van der Waals surface area contributed by atoms with Crippen molar-refractivity contribution in [2.45, 2.75) is 25.6 Å². The normalized spacial score (nSPS) is 29.2. The molecule has 0 aromatic heterocycles. The molecule has 0 aromatic carbocycles. The first kappa shape index (κ1) is 9.89. The summed E-state index contributed by atoms with van der Waals surface area (Å²) in [5.41, 5.74) is 0. The second-order valence-corrected chi connectivity index (χ2v) is 3.80. The van der Waals surface area contributed by atoms with Crippen LogP contribution < -0.4 is 0 Å². The molecule has 12 heavy (non-hydrogen) atoms. The molecule has 2 rings (SSSR count). The third-order valence-corrected chi connectivity index (χ3v) is 2.66. The number of allylic oxidation sites excluding steroid dienone is 2. The molecule has 0 aromatic rings. The largest absolute Gasteiger partial charge is 0.0851 e. The first-order valence-electron chi connectivity index (χ1n) is 5.16. The Hall–Kier alpha value is -0.195. The predicted octanol–water partition coefficient (Wildman–Crippen LogP) is 0.0648. The fourth-order valence-electron chi connectivity index (χ4n) is 1.92. The van der Waals surface area contributed by atoms with Gasteiger partial charge in [0.2, 0.25) is 0 Å². The van der Waals surface area contributed by atoms with Crippen molar-refractivity contribution in [1.29, 1.82) is 0 Å². The average molecular weight is 158 g/mol. The summed E-state index contributed by atoms with van der Waals surface area (Å²) in [6.45, 7) is 0. The molecule has 0 aliphatic heterocycles. The van der Waals surface area contributed by atoms with E-state index in [0.717, 1.165) is 18.2 Å². The summed E-state index contributed by atoms with van der Waals surface area (Å²) in [6.07, 6.45) is 10.3. The summed E-state index contributed by atoms with van der Waals surface area (Å²) in [4.78, 5) is 0. The van der Waals surface area contributed by atoms with Crippen LogP contribution in [0.4, 0.5) is 0 Å². The number of rotatable bonds is 2. The molecule has 0 spiro atoms. The summed E-state index contributed by atoms with van der Waals surface area (Å²) < 4.78 is 0. The summed E-state index contributed by atoms with van der Waals surface area (Å²) in [7, 11) is 6.92. The first-order chi connectivity index (χ1) is 5.86. The molecule has 2 bridgehead atoms. The molecule has 0 heterocycles. The average Bonchev–Trinajstić information content (AvgIpc) is 2.69. The maximum Gasteiger partial charge on any atom is -0.0228 e. The zero-order valence-corrected chi connectivity index (χ0v) is 8.13. The molecular weight excluding hydrogens is 141 g/mol. The molecular formula is C9H17B3. The van der Waals surface area contributed by atoms with E-state index in [4.69, 9.17) is 0 Å². The Morgan fingerprint density at radius 3 is 2.08 bits per heavy atom. The van der Waals surface area contributed by atoms with Crippen LogP contribution in [0.2, 0.25) is 6.32 Å². The van der Waals surface area contributed by atoms with Crippen molar-refractivity contribution in [2.24, 2.45) is 11.8 Å². The minimum Gasteiger partial charge on any atom is -0.0851 e. The summed E-state index contributed by atoms with van der Waals surface area (Å²) >= 11 is 0. The molecule has 62 valence electrons. The van der Waals surface area contributed by atoms with E-state index >= 15 is 0 Å². The fourth-order valence-corrected chi connectivity index (χ4v) is 1.92. The zero-order chi connectivity index (χ0) is 8.81. The van der Waals surface area contributed by atoms with Crippen molar-refractivity contribution >= 4 is 28.4 Å². The Kier molecular flexibility index (Phi) is 4.49. The molecule has 1 saturated carbocycles. The second-order valence-electron chi connectivity index (χ2n) is 3.80. The van der Waals surface area contributed by atoms with Crippen molar-refractivity contribution in [2.75, 3.05) is 0 Å². The van der Waals surface area contributed by atoms with Crippen LogP contribution in [0, 0.1) is 11.8 Å². The molecule has 0 N–H and O–H groups in total. The standard InChI is InChI=1S/C7H10.C2H7B3/c1-2-7-4-3-6(1)5-7;3-1-2-5-4/h1-2,6-7H,3-5H2;1,3,5H,2,4H2. The van der Waals surface area contributed by atoms with Gasteiger partial charge in [0, 0.05) is 0 Å². The van der Waals surface area contributed by atoms with Crippen LogP contribution in [0.15, 0.2) is 12.2 Å². The van der Waals surface area contributed by atoms with Crippen LogP contribution in [0.3, 0.4) is 0 Å². The van der Waals surface area contributed by atoms with Crippen molar-refractivity contribution < 1.29 is 0 Å². The Balaban J connectivity index is 0.000000130. The Morgan fingerprint density at radius 2 is 2.00 bits per heavy atom. The second kappa shape index (κ2) is 5.45. The van der Waals surface area contributed by atoms with Crippen LogP contribution >= 0.6 is 0 Å². The van der Waals surface area contributed by atoms with E-state index in [-0.39, 0.29) is 0 Å². The van der Waals surface area contributed by atoms with Gasteiger partial charge in [0.25, 0.3) is 0 Å². The van der Waals surface area contributed by atoms with Gasteiger partial charge >= 0.3 is 34.7 Å². The minimum atomic E-state index is 0.991. The molecule has 2 unspecified atom stereocenters. The molecule has 0 amide bonds. The van der Waals surface area contributed by atoms with Crippen LogP contribution in [0.5, 0.6) is 0 Å². The maximum atomic E-state index is 3.55. The molecule has 1 fully saturated rings. The van der Waals surface area contributed by atoms with Gasteiger partial charge in [-0.2, -0.15) is 0 Å². The maximum absolute atomic E-state index is 3.55. The van der Waals surface area contributed by atoms with E-state index in [1.807, 2.05) is 5.97 Å². The van der Waals surface area contributed by atoms with Crippen LogP contribution in [0.1, 0.15) is 19.3 Å². The fraction of sp³-hybridized carbons (Fsp3) is 0.667. The molecule has 3 heteroatoms. The van der Waals surface area contributed by atoms with Gasteiger partial charge in [0.15, 0.2) is 0 Å². The third-order valence-electron chi connectivity index (χ3n) is 2.66. The first-order valence-corrected chi connectivity index (χ1v) is 5.16. The number of fused-ring (bicyclic) bond motifs is 2. The minimum absolute atomic E-state index is 0.991. The molecule has 0 nitrogen and oxygen atoms in total. The molecule has 0 saturated heterocycles. The molecule has 0 radical (unpaired) electrons. The smallest absolute Gasteiger partial charge is 0.0228 e. The molecule has 2 aliphatic carbocycles. The van der Waals surface area contributed by atoms with Crippen LogP contribution in [-0.2, 0) is 0 Å². The Bertz CT molecular complexity index is 153. The van der Waals surface area contributed by atoms with E-state index in [1.54, 1.807) is 0 Å². The van der Waals surface area contributed by atoms with Gasteiger partial charge in [-0.05, 0) is 31.1 Å². The quantitative estimate of drug-likeness (QED) is 0.393. The van der Waals surface area contributed by atoms with Gasteiger partial charge in [-0.25, -0.2) is 0 Å². The van der Waals surface area contributed by atoms with Crippen molar-refractivity contribution in [3.63, 3.8) is 0 Å². The summed E-state index contributed by atoms with van der Waals surface area (Å²) in [5.74, 6) is 3.91. The van der Waals surface area contributed by atoms with E-state index in [9.17, 15) is 0 Å². The van der Waals surface area contributed by atoms with E-state index in [0.29, 0.717) is 0 Å². The monoisotopic (exact) mass is 158 g/mol. The number of hydrogen-bond donors (Lipinski definition) is 0. The van der Waals surface area contributed by atoms with E-state index < -0.39 is 0 Å². The van der Waals surface area contributed by atoms with Crippen LogP contribution in [-0.4, -0.2) is 28.4 Å².